The van der Waals surface area contributed by atoms with Gasteiger partial charge in [0.25, 0.3) is 0 Å². The normalized spacial score (nSPS) is 21.6. The van der Waals surface area contributed by atoms with Crippen LogP contribution in [0.15, 0.2) is 29.2 Å². The smallest absolute Gasteiger partial charge is 0.226 e. The third kappa shape index (κ3) is 1.84. The molecule has 0 radical (unpaired) electrons. The third-order valence-electron chi connectivity index (χ3n) is 1.83. The second kappa shape index (κ2) is 3.40. The first-order valence-electron chi connectivity index (χ1n) is 4.07. The molecule has 1 atom stereocenters. The van der Waals surface area contributed by atoms with E-state index in [2.05, 4.69) is 5.32 Å². The van der Waals surface area contributed by atoms with E-state index in [0.29, 0.717) is 6.42 Å². The Bertz CT molecular complexity index is 340. The summed E-state index contributed by atoms with van der Waals surface area (Å²) in [6.45, 7) is 0. The van der Waals surface area contributed by atoms with Crippen LogP contribution in [0.5, 0.6) is 0 Å². The molecule has 1 aromatic rings. The van der Waals surface area contributed by atoms with Crippen LogP contribution >= 0.6 is 11.8 Å². The van der Waals surface area contributed by atoms with E-state index in [1.165, 1.54) is 11.8 Å². The number of hydrogen-bond acceptors (Lipinski definition) is 3. The molecule has 68 valence electrons. The first kappa shape index (κ1) is 8.59. The van der Waals surface area contributed by atoms with Crippen molar-refractivity contribution in [3.63, 3.8) is 0 Å². The molecule has 3 nitrogen and oxygen atoms in total. The summed E-state index contributed by atoms with van der Waals surface area (Å²) < 4.78 is 0. The summed E-state index contributed by atoms with van der Waals surface area (Å²) in [4.78, 5) is 12.3. The largest absolute Gasteiger partial charge is 0.325 e. The molecule has 0 aromatic heterocycles. The van der Waals surface area contributed by atoms with Gasteiger partial charge in [0.2, 0.25) is 5.91 Å². The molecule has 1 aliphatic rings. The molecule has 1 aliphatic heterocycles. The van der Waals surface area contributed by atoms with E-state index in [4.69, 9.17) is 5.73 Å². The number of rotatable bonds is 0. The van der Waals surface area contributed by atoms with Gasteiger partial charge in [0.1, 0.15) is 0 Å². The lowest BCUT2D eigenvalue weighted by Gasteiger charge is -2.05. The molecule has 3 N–H and O–H groups in total. The van der Waals surface area contributed by atoms with Crippen molar-refractivity contribution >= 4 is 23.4 Å². The fraction of sp³-hybridized carbons (Fsp3) is 0.222. The van der Waals surface area contributed by atoms with Gasteiger partial charge >= 0.3 is 0 Å². The van der Waals surface area contributed by atoms with Crippen molar-refractivity contribution in [2.75, 3.05) is 5.32 Å². The van der Waals surface area contributed by atoms with Crippen LogP contribution in [0.2, 0.25) is 0 Å². The second-order valence-corrected chi connectivity index (χ2v) is 4.19. The van der Waals surface area contributed by atoms with Crippen LogP contribution in [-0.2, 0) is 4.79 Å². The van der Waals surface area contributed by atoms with Crippen molar-refractivity contribution in [1.29, 1.82) is 0 Å². The lowest BCUT2D eigenvalue weighted by Crippen LogP contribution is -2.21. The fourth-order valence-electron chi connectivity index (χ4n) is 1.26. The number of hydrogen-bond donors (Lipinski definition) is 2. The van der Waals surface area contributed by atoms with E-state index in [9.17, 15) is 4.79 Å². The lowest BCUT2D eigenvalue weighted by molar-refractivity contribution is -0.116. The van der Waals surface area contributed by atoms with Gasteiger partial charge < -0.3 is 11.1 Å². The third-order valence-corrected chi connectivity index (χ3v) is 2.91. The molecule has 1 amide bonds. The number of benzene rings is 1. The van der Waals surface area contributed by atoms with E-state index >= 15 is 0 Å². The Hall–Kier alpha value is -1.00. The van der Waals surface area contributed by atoms with E-state index in [-0.39, 0.29) is 11.3 Å². The molecule has 0 fully saturated rings. The number of fused-ring (bicyclic) bond motifs is 1. The van der Waals surface area contributed by atoms with E-state index in [1.54, 1.807) is 0 Å². The number of carbonyl (C=O) groups is 1. The zero-order valence-electron chi connectivity index (χ0n) is 6.99. The van der Waals surface area contributed by atoms with Gasteiger partial charge in [-0.3, -0.25) is 4.79 Å². The fourth-order valence-corrected chi connectivity index (χ4v) is 2.23. The van der Waals surface area contributed by atoms with Crippen molar-refractivity contribution in [2.24, 2.45) is 5.73 Å². The Morgan fingerprint density at radius 3 is 3.08 bits per heavy atom. The molecule has 0 bridgehead atoms. The van der Waals surface area contributed by atoms with E-state index in [1.807, 2.05) is 24.3 Å². The number of para-hydroxylation sites is 1. The van der Waals surface area contributed by atoms with Crippen LogP contribution in [0, 0.1) is 0 Å². The van der Waals surface area contributed by atoms with Crippen LogP contribution in [-0.4, -0.2) is 11.3 Å². The summed E-state index contributed by atoms with van der Waals surface area (Å²) in [5.74, 6) is -0.00931. The first-order chi connectivity index (χ1) is 6.25. The van der Waals surface area contributed by atoms with Gasteiger partial charge in [-0.2, -0.15) is 0 Å². The molecule has 0 saturated heterocycles. The van der Waals surface area contributed by atoms with Gasteiger partial charge in [0.15, 0.2) is 0 Å². The predicted octanol–water partition coefficient (Wildman–Crippen LogP) is 1.41. The van der Waals surface area contributed by atoms with Crippen LogP contribution in [0.3, 0.4) is 0 Å². The van der Waals surface area contributed by atoms with Crippen molar-refractivity contribution in [3.8, 4) is 0 Å². The molecule has 0 saturated carbocycles. The Morgan fingerprint density at radius 1 is 1.46 bits per heavy atom. The van der Waals surface area contributed by atoms with Gasteiger partial charge in [-0.05, 0) is 12.1 Å². The van der Waals surface area contributed by atoms with Crippen LogP contribution in [0.4, 0.5) is 5.69 Å². The molecule has 2 rings (SSSR count). The summed E-state index contributed by atoms with van der Waals surface area (Å²) in [6, 6.07) is 7.69. The zero-order chi connectivity index (χ0) is 9.26. The maximum atomic E-state index is 11.3. The molecule has 0 aliphatic carbocycles. The number of carbonyl (C=O) groups excluding carboxylic acids is 1. The highest BCUT2D eigenvalue weighted by atomic mass is 32.2. The standard InChI is InChI=1S/C9H10N2OS/c10-8-5-9(12)11-6-3-1-2-4-7(6)13-8/h1-4,8H,5,10H2,(H,11,12)/t8-/m1/s1. The first-order valence-corrected chi connectivity index (χ1v) is 4.95. The molecular formula is C9H10N2OS. The lowest BCUT2D eigenvalue weighted by atomic mass is 10.3. The maximum Gasteiger partial charge on any atom is 0.226 e. The summed E-state index contributed by atoms with van der Waals surface area (Å²) in [6.07, 6.45) is 0.374. The van der Waals surface area contributed by atoms with Crippen LogP contribution in [0.1, 0.15) is 6.42 Å². The van der Waals surface area contributed by atoms with Crippen molar-refractivity contribution in [1.82, 2.24) is 0 Å². The van der Waals surface area contributed by atoms with E-state index in [0.717, 1.165) is 10.6 Å². The SMILES string of the molecule is N[C@H]1CC(=O)Nc2ccccc2S1. The monoisotopic (exact) mass is 194 g/mol. The van der Waals surface area contributed by atoms with Gasteiger partial charge in [0.05, 0.1) is 17.5 Å². The Morgan fingerprint density at radius 2 is 2.23 bits per heavy atom. The maximum absolute atomic E-state index is 11.3. The number of anilines is 1. The van der Waals surface area contributed by atoms with Gasteiger partial charge in [-0.25, -0.2) is 0 Å². The highest BCUT2D eigenvalue weighted by Gasteiger charge is 2.18. The summed E-state index contributed by atoms with van der Waals surface area (Å²) >= 11 is 1.53. The predicted molar refractivity (Wildman–Crippen MR) is 53.5 cm³/mol. The minimum absolute atomic E-state index is 0.00931. The van der Waals surface area contributed by atoms with Crippen LogP contribution < -0.4 is 11.1 Å². The minimum atomic E-state index is -0.136. The van der Waals surface area contributed by atoms with Gasteiger partial charge in [0, 0.05) is 4.90 Å². The molecule has 1 aromatic carbocycles. The molecule has 4 heteroatoms. The highest BCUT2D eigenvalue weighted by Crippen LogP contribution is 2.32. The van der Waals surface area contributed by atoms with Gasteiger partial charge in [-0.15, -0.1) is 11.8 Å². The summed E-state index contributed by atoms with van der Waals surface area (Å²) in [7, 11) is 0. The quantitative estimate of drug-likeness (QED) is 0.656. The van der Waals surface area contributed by atoms with Crippen LogP contribution in [0.25, 0.3) is 0 Å². The van der Waals surface area contributed by atoms with Gasteiger partial charge in [-0.1, -0.05) is 12.1 Å². The molecular weight excluding hydrogens is 184 g/mol. The highest BCUT2D eigenvalue weighted by molar-refractivity contribution is 8.00. The Balaban J connectivity index is 2.38. The minimum Gasteiger partial charge on any atom is -0.325 e. The second-order valence-electron chi connectivity index (χ2n) is 2.90. The summed E-state index contributed by atoms with van der Waals surface area (Å²) in [5, 5.41) is 2.68. The van der Waals surface area contributed by atoms with Crippen molar-refractivity contribution < 1.29 is 4.79 Å². The zero-order valence-corrected chi connectivity index (χ0v) is 7.80. The summed E-state index contributed by atoms with van der Waals surface area (Å²) in [5.41, 5.74) is 6.61. The topological polar surface area (TPSA) is 55.1 Å². The Labute approximate surface area is 80.7 Å². The number of nitrogens with one attached hydrogen (secondary N) is 1. The van der Waals surface area contributed by atoms with Crippen molar-refractivity contribution in [3.05, 3.63) is 24.3 Å². The number of thioether (sulfide) groups is 1. The molecule has 1 heterocycles. The molecule has 0 unspecified atom stereocenters. The number of nitrogens with two attached hydrogens (primary N) is 1. The van der Waals surface area contributed by atoms with E-state index < -0.39 is 0 Å². The Kier molecular flexibility index (Phi) is 2.24. The number of amides is 1. The average Bonchev–Trinajstić information content (AvgIpc) is 2.20. The molecule has 13 heavy (non-hydrogen) atoms. The van der Waals surface area contributed by atoms with Crippen molar-refractivity contribution in [2.45, 2.75) is 16.7 Å². The molecule has 0 spiro atoms. The average molecular weight is 194 g/mol.